The predicted octanol–water partition coefficient (Wildman–Crippen LogP) is 4.29. The second kappa shape index (κ2) is 5.96. The molecule has 0 N–H and O–H groups in total. The molecule has 0 spiro atoms. The van der Waals surface area contributed by atoms with E-state index in [1.807, 2.05) is 18.2 Å². The molecule has 3 nitrogen and oxygen atoms in total. The van der Waals surface area contributed by atoms with Crippen LogP contribution in [0, 0.1) is 0 Å². The first-order valence-corrected chi connectivity index (χ1v) is 6.96. The molecule has 18 heavy (non-hydrogen) atoms. The molecule has 1 aromatic heterocycles. The number of ether oxygens (including phenoxy) is 1. The molecular weight excluding hydrogens is 292 g/mol. The maximum Gasteiger partial charge on any atom is 0.321 e. The molecule has 1 heterocycles. The van der Waals surface area contributed by atoms with Crippen molar-refractivity contribution in [2.45, 2.75) is 25.1 Å². The van der Waals surface area contributed by atoms with E-state index in [4.69, 9.17) is 4.74 Å². The first kappa shape index (κ1) is 13.0. The lowest BCUT2D eigenvalue weighted by Gasteiger charge is -2.12. The minimum absolute atomic E-state index is 0.382. The van der Waals surface area contributed by atoms with Gasteiger partial charge in [0, 0.05) is 17.7 Å². The first-order valence-electron chi connectivity index (χ1n) is 5.84. The number of rotatable bonds is 4. The molecule has 0 atom stereocenters. The maximum atomic E-state index is 5.73. The zero-order chi connectivity index (χ0) is 13.0. The van der Waals surface area contributed by atoms with E-state index in [1.54, 1.807) is 12.4 Å². The quantitative estimate of drug-likeness (QED) is 0.791. The highest BCUT2D eigenvalue weighted by Gasteiger charge is 2.08. The first-order chi connectivity index (χ1) is 8.70. The summed E-state index contributed by atoms with van der Waals surface area (Å²) < 4.78 is 5.73. The molecule has 0 saturated heterocycles. The van der Waals surface area contributed by atoms with Crippen LogP contribution in [0.15, 0.2) is 36.7 Å². The molecule has 4 heteroatoms. The Labute approximate surface area is 115 Å². The number of nitrogens with zero attached hydrogens (tertiary/aromatic N) is 2. The second-order valence-corrected chi connectivity index (χ2v) is 4.86. The Hall–Kier alpha value is -1.42. The van der Waals surface area contributed by atoms with Crippen molar-refractivity contribution < 1.29 is 4.74 Å². The Morgan fingerprint density at radius 3 is 2.44 bits per heavy atom. The van der Waals surface area contributed by atoms with Gasteiger partial charge in [0.2, 0.25) is 0 Å². The Bertz CT molecular complexity index is 511. The van der Waals surface area contributed by atoms with Crippen LogP contribution >= 0.6 is 15.9 Å². The minimum Gasteiger partial charge on any atom is -0.424 e. The lowest BCUT2D eigenvalue weighted by atomic mass is 10.0. The van der Waals surface area contributed by atoms with E-state index < -0.39 is 0 Å². The maximum absolute atomic E-state index is 5.73. The monoisotopic (exact) mass is 306 g/mol. The van der Waals surface area contributed by atoms with Gasteiger partial charge in [-0.2, -0.15) is 0 Å². The summed E-state index contributed by atoms with van der Waals surface area (Å²) in [4.78, 5) is 8.36. The summed E-state index contributed by atoms with van der Waals surface area (Å²) in [6.07, 6.45) is 3.52. The zero-order valence-corrected chi connectivity index (χ0v) is 12.0. The number of alkyl halides is 1. The molecule has 0 aliphatic rings. The van der Waals surface area contributed by atoms with E-state index in [9.17, 15) is 0 Å². The topological polar surface area (TPSA) is 35.0 Å². The molecule has 0 bridgehead atoms. The van der Waals surface area contributed by atoms with Crippen molar-refractivity contribution in [1.29, 1.82) is 0 Å². The van der Waals surface area contributed by atoms with E-state index in [0.29, 0.717) is 11.9 Å². The van der Waals surface area contributed by atoms with Gasteiger partial charge in [0.05, 0.1) is 0 Å². The molecule has 0 fully saturated rings. The Morgan fingerprint density at radius 1 is 1.17 bits per heavy atom. The van der Waals surface area contributed by atoms with Crippen molar-refractivity contribution in [2.75, 3.05) is 0 Å². The van der Waals surface area contributed by atoms with Crippen LogP contribution < -0.4 is 4.74 Å². The van der Waals surface area contributed by atoms with Gasteiger partial charge < -0.3 is 4.74 Å². The molecule has 0 saturated carbocycles. The fourth-order valence-electron chi connectivity index (χ4n) is 1.61. The summed E-state index contributed by atoms with van der Waals surface area (Å²) in [5, 5.41) is 0.746. The number of para-hydroxylation sites is 1. The highest BCUT2D eigenvalue weighted by atomic mass is 79.9. The van der Waals surface area contributed by atoms with Gasteiger partial charge in [-0.05, 0) is 23.1 Å². The van der Waals surface area contributed by atoms with Gasteiger partial charge in [-0.3, -0.25) is 0 Å². The third-order valence-corrected chi connectivity index (χ3v) is 3.23. The SMILES string of the molecule is CC(C)c1ccccc1Oc1ncc(CBr)cn1. The van der Waals surface area contributed by atoms with E-state index >= 15 is 0 Å². The van der Waals surface area contributed by atoms with Crippen LogP contribution in [-0.4, -0.2) is 9.97 Å². The van der Waals surface area contributed by atoms with Crippen molar-refractivity contribution in [3.05, 3.63) is 47.8 Å². The normalized spacial score (nSPS) is 10.7. The van der Waals surface area contributed by atoms with Crippen LogP contribution in [0.4, 0.5) is 0 Å². The molecule has 0 aliphatic carbocycles. The van der Waals surface area contributed by atoms with Gasteiger partial charge in [0.1, 0.15) is 5.75 Å². The van der Waals surface area contributed by atoms with Gasteiger partial charge in [-0.1, -0.05) is 48.0 Å². The molecule has 2 aromatic rings. The Kier molecular flexibility index (Phi) is 4.31. The van der Waals surface area contributed by atoms with Crippen molar-refractivity contribution in [3.8, 4) is 11.8 Å². The lowest BCUT2D eigenvalue weighted by Crippen LogP contribution is -1.97. The summed E-state index contributed by atoms with van der Waals surface area (Å²) in [6.45, 7) is 4.27. The predicted molar refractivity (Wildman–Crippen MR) is 75.3 cm³/mol. The molecule has 0 amide bonds. The summed E-state index contributed by atoms with van der Waals surface area (Å²) in [7, 11) is 0. The Morgan fingerprint density at radius 2 is 1.83 bits per heavy atom. The third kappa shape index (κ3) is 3.07. The molecular formula is C14H15BrN2O. The van der Waals surface area contributed by atoms with Gasteiger partial charge in [-0.15, -0.1) is 0 Å². The average Bonchev–Trinajstić information content (AvgIpc) is 2.40. The molecule has 0 aliphatic heterocycles. The number of halogens is 1. The van der Waals surface area contributed by atoms with Crippen LogP contribution in [0.25, 0.3) is 0 Å². The van der Waals surface area contributed by atoms with Gasteiger partial charge >= 0.3 is 6.01 Å². The summed E-state index contributed by atoms with van der Waals surface area (Å²) in [6, 6.07) is 8.35. The summed E-state index contributed by atoms with van der Waals surface area (Å²) >= 11 is 3.36. The van der Waals surface area contributed by atoms with Crippen LogP contribution in [-0.2, 0) is 5.33 Å². The van der Waals surface area contributed by atoms with Gasteiger partial charge in [0.15, 0.2) is 0 Å². The average molecular weight is 307 g/mol. The Balaban J connectivity index is 2.22. The standard InChI is InChI=1S/C14H15BrN2O/c1-10(2)12-5-3-4-6-13(12)18-14-16-8-11(7-15)9-17-14/h3-6,8-10H,7H2,1-2H3. The van der Waals surface area contributed by atoms with Crippen LogP contribution in [0.3, 0.4) is 0 Å². The summed E-state index contributed by atoms with van der Waals surface area (Å²) in [5.74, 6) is 1.22. The summed E-state index contributed by atoms with van der Waals surface area (Å²) in [5.41, 5.74) is 2.19. The molecule has 94 valence electrons. The van der Waals surface area contributed by atoms with Crippen molar-refractivity contribution in [1.82, 2.24) is 9.97 Å². The molecule has 1 aromatic carbocycles. The number of hydrogen-bond donors (Lipinski definition) is 0. The molecule has 2 rings (SSSR count). The zero-order valence-electron chi connectivity index (χ0n) is 10.4. The van der Waals surface area contributed by atoms with E-state index in [-0.39, 0.29) is 0 Å². The third-order valence-electron chi connectivity index (χ3n) is 2.58. The number of hydrogen-bond acceptors (Lipinski definition) is 3. The largest absolute Gasteiger partial charge is 0.424 e. The second-order valence-electron chi connectivity index (χ2n) is 4.30. The highest BCUT2D eigenvalue weighted by molar-refractivity contribution is 9.08. The van der Waals surface area contributed by atoms with Crippen molar-refractivity contribution >= 4 is 15.9 Å². The van der Waals surface area contributed by atoms with Gasteiger partial charge in [0.25, 0.3) is 0 Å². The van der Waals surface area contributed by atoms with Crippen LogP contribution in [0.5, 0.6) is 11.8 Å². The molecule has 0 unspecified atom stereocenters. The fourth-order valence-corrected chi connectivity index (χ4v) is 1.90. The van der Waals surface area contributed by atoms with E-state index in [2.05, 4.69) is 45.8 Å². The van der Waals surface area contributed by atoms with Crippen molar-refractivity contribution in [3.63, 3.8) is 0 Å². The van der Waals surface area contributed by atoms with Crippen molar-refractivity contribution in [2.24, 2.45) is 0 Å². The fraction of sp³-hybridized carbons (Fsp3) is 0.286. The van der Waals surface area contributed by atoms with Crippen LogP contribution in [0.2, 0.25) is 0 Å². The smallest absolute Gasteiger partial charge is 0.321 e. The van der Waals surface area contributed by atoms with E-state index in [0.717, 1.165) is 22.2 Å². The van der Waals surface area contributed by atoms with Crippen LogP contribution in [0.1, 0.15) is 30.9 Å². The number of benzene rings is 1. The highest BCUT2D eigenvalue weighted by Crippen LogP contribution is 2.28. The number of aromatic nitrogens is 2. The van der Waals surface area contributed by atoms with E-state index in [1.165, 1.54) is 0 Å². The molecule has 0 radical (unpaired) electrons. The lowest BCUT2D eigenvalue weighted by molar-refractivity contribution is 0.434. The minimum atomic E-state index is 0.382. The van der Waals surface area contributed by atoms with Gasteiger partial charge in [-0.25, -0.2) is 9.97 Å².